The van der Waals surface area contributed by atoms with E-state index in [4.69, 9.17) is 0 Å². The van der Waals surface area contributed by atoms with E-state index in [1.807, 2.05) is 0 Å². The summed E-state index contributed by atoms with van der Waals surface area (Å²) >= 11 is 0. The molecule has 0 amide bonds. The fourth-order valence-corrected chi connectivity index (χ4v) is 3.35. The van der Waals surface area contributed by atoms with Crippen LogP contribution in [0.1, 0.15) is 45.4 Å². The molecule has 0 aromatic carbocycles. The molecule has 1 N–H and O–H groups in total. The fraction of sp³-hybridized carbons (Fsp3) is 0.857. The van der Waals surface area contributed by atoms with Gasteiger partial charge in [-0.15, -0.1) is 0 Å². The zero-order valence-electron chi connectivity index (χ0n) is 10.4. The third-order valence-corrected chi connectivity index (χ3v) is 4.34. The van der Waals surface area contributed by atoms with Gasteiger partial charge in [0.1, 0.15) is 0 Å². The number of hydrogen-bond donors (Lipinski definition) is 1. The zero-order chi connectivity index (χ0) is 11.0. The van der Waals surface area contributed by atoms with Gasteiger partial charge in [-0.1, -0.05) is 12.2 Å². The highest BCUT2D eigenvalue weighted by molar-refractivity contribution is 5.02. The Kier molecular flexibility index (Phi) is 3.03. The fourth-order valence-electron chi connectivity index (χ4n) is 3.35. The minimum Gasteiger partial charge on any atom is -0.306 e. The van der Waals surface area contributed by atoms with Gasteiger partial charge in [0.15, 0.2) is 0 Å². The molecule has 2 aliphatic carbocycles. The maximum absolute atomic E-state index is 3.83. The Morgan fingerprint density at radius 1 is 1.25 bits per heavy atom. The number of likely N-dealkylation sites (tertiary alicyclic amines) is 1. The van der Waals surface area contributed by atoms with Crippen LogP contribution in [0.25, 0.3) is 0 Å². The second-order valence-electron chi connectivity index (χ2n) is 5.84. The van der Waals surface area contributed by atoms with Gasteiger partial charge < -0.3 is 5.32 Å². The van der Waals surface area contributed by atoms with E-state index in [-0.39, 0.29) is 0 Å². The first kappa shape index (κ1) is 10.8. The van der Waals surface area contributed by atoms with Crippen LogP contribution >= 0.6 is 0 Å². The maximum Gasteiger partial charge on any atom is 0.0253 e. The van der Waals surface area contributed by atoms with Gasteiger partial charge in [0.25, 0.3) is 0 Å². The molecule has 1 heterocycles. The highest BCUT2D eigenvalue weighted by atomic mass is 15.3. The predicted molar refractivity (Wildman–Crippen MR) is 67.5 cm³/mol. The van der Waals surface area contributed by atoms with E-state index in [9.17, 15) is 0 Å². The van der Waals surface area contributed by atoms with Crippen molar-refractivity contribution >= 4 is 0 Å². The van der Waals surface area contributed by atoms with Crippen molar-refractivity contribution < 1.29 is 0 Å². The molecule has 90 valence electrons. The van der Waals surface area contributed by atoms with Gasteiger partial charge in [-0.25, -0.2) is 0 Å². The summed E-state index contributed by atoms with van der Waals surface area (Å²) in [6, 6.07) is 3.13. The van der Waals surface area contributed by atoms with Crippen molar-refractivity contribution in [1.29, 1.82) is 0 Å². The molecule has 0 radical (unpaired) electrons. The molecular weight excluding hydrogens is 196 g/mol. The van der Waals surface area contributed by atoms with Gasteiger partial charge in [0.2, 0.25) is 0 Å². The largest absolute Gasteiger partial charge is 0.306 e. The summed E-state index contributed by atoms with van der Waals surface area (Å²) in [7, 11) is 0. The van der Waals surface area contributed by atoms with Crippen LogP contribution in [0, 0.1) is 0 Å². The summed E-state index contributed by atoms with van der Waals surface area (Å²) in [5.41, 5.74) is 0. The van der Waals surface area contributed by atoms with Crippen LogP contribution in [0.3, 0.4) is 0 Å². The molecule has 1 saturated heterocycles. The van der Waals surface area contributed by atoms with E-state index >= 15 is 0 Å². The summed E-state index contributed by atoms with van der Waals surface area (Å²) in [6.45, 7) is 3.69. The van der Waals surface area contributed by atoms with Gasteiger partial charge in [-0.3, -0.25) is 4.90 Å². The highest BCUT2D eigenvalue weighted by Crippen LogP contribution is 2.33. The van der Waals surface area contributed by atoms with Crippen molar-refractivity contribution in [2.24, 2.45) is 0 Å². The number of hydrogen-bond acceptors (Lipinski definition) is 2. The molecule has 2 fully saturated rings. The lowest BCUT2D eigenvalue weighted by molar-refractivity contribution is 0.254. The van der Waals surface area contributed by atoms with Crippen LogP contribution in [-0.4, -0.2) is 35.6 Å². The van der Waals surface area contributed by atoms with Crippen molar-refractivity contribution in [3.8, 4) is 0 Å². The molecule has 1 aliphatic heterocycles. The third kappa shape index (κ3) is 2.33. The number of rotatable bonds is 3. The Morgan fingerprint density at radius 2 is 2.12 bits per heavy atom. The Hall–Kier alpha value is -0.340. The van der Waals surface area contributed by atoms with Crippen LogP contribution in [0.15, 0.2) is 12.2 Å². The third-order valence-electron chi connectivity index (χ3n) is 4.34. The first-order valence-electron chi connectivity index (χ1n) is 7.01. The van der Waals surface area contributed by atoms with Crippen molar-refractivity contribution in [3.05, 3.63) is 12.2 Å². The van der Waals surface area contributed by atoms with Crippen molar-refractivity contribution in [2.75, 3.05) is 6.54 Å². The van der Waals surface area contributed by atoms with E-state index in [1.54, 1.807) is 0 Å². The minimum absolute atomic E-state index is 0.658. The molecule has 3 rings (SSSR count). The SMILES string of the molecule is CC1CC(NC2C=CCCC2)CN1C1CC1. The monoisotopic (exact) mass is 220 g/mol. The Morgan fingerprint density at radius 3 is 2.81 bits per heavy atom. The van der Waals surface area contributed by atoms with Gasteiger partial charge in [-0.2, -0.15) is 0 Å². The van der Waals surface area contributed by atoms with Crippen molar-refractivity contribution in [1.82, 2.24) is 10.2 Å². The van der Waals surface area contributed by atoms with Crippen LogP contribution in [0.5, 0.6) is 0 Å². The first-order valence-corrected chi connectivity index (χ1v) is 7.01. The number of nitrogens with one attached hydrogen (secondary N) is 1. The van der Waals surface area contributed by atoms with Gasteiger partial charge >= 0.3 is 0 Å². The Balaban J connectivity index is 1.52. The molecule has 0 spiro atoms. The van der Waals surface area contributed by atoms with E-state index in [0.717, 1.165) is 18.1 Å². The number of allylic oxidation sites excluding steroid dienone is 1. The topological polar surface area (TPSA) is 15.3 Å². The summed E-state index contributed by atoms with van der Waals surface area (Å²) < 4.78 is 0. The minimum atomic E-state index is 0.658. The molecule has 2 nitrogen and oxygen atoms in total. The van der Waals surface area contributed by atoms with Crippen molar-refractivity contribution in [2.45, 2.75) is 69.6 Å². The molecular formula is C14H24N2. The zero-order valence-corrected chi connectivity index (χ0v) is 10.4. The lowest BCUT2D eigenvalue weighted by Gasteiger charge is -2.23. The predicted octanol–water partition coefficient (Wildman–Crippen LogP) is 2.31. The van der Waals surface area contributed by atoms with E-state index in [1.165, 1.54) is 45.1 Å². The standard InChI is InChI=1S/C14H24N2/c1-11-9-13(10-16(11)14-7-8-14)15-12-5-3-2-4-6-12/h3,5,11-15H,2,4,6-10H2,1H3. The van der Waals surface area contributed by atoms with Gasteiger partial charge in [0.05, 0.1) is 0 Å². The molecule has 16 heavy (non-hydrogen) atoms. The second kappa shape index (κ2) is 4.50. The molecule has 1 saturated carbocycles. The van der Waals surface area contributed by atoms with E-state index in [0.29, 0.717) is 6.04 Å². The molecule has 3 atom stereocenters. The average molecular weight is 220 g/mol. The molecule has 0 aromatic heterocycles. The molecule has 3 unspecified atom stereocenters. The highest BCUT2D eigenvalue weighted by Gasteiger charge is 2.38. The lowest BCUT2D eigenvalue weighted by atomic mass is 10.0. The molecule has 2 heteroatoms. The second-order valence-corrected chi connectivity index (χ2v) is 5.84. The van der Waals surface area contributed by atoms with Crippen LogP contribution < -0.4 is 5.32 Å². The smallest absolute Gasteiger partial charge is 0.0253 e. The lowest BCUT2D eigenvalue weighted by Crippen LogP contribution is -2.40. The van der Waals surface area contributed by atoms with Crippen LogP contribution in [-0.2, 0) is 0 Å². The average Bonchev–Trinajstić information content (AvgIpc) is 3.06. The Labute approximate surface area is 99.1 Å². The normalized spacial score (nSPS) is 40.4. The summed E-state index contributed by atoms with van der Waals surface area (Å²) in [5, 5.41) is 3.83. The van der Waals surface area contributed by atoms with E-state index < -0.39 is 0 Å². The maximum atomic E-state index is 3.83. The molecule has 0 bridgehead atoms. The number of nitrogens with zero attached hydrogens (tertiary/aromatic N) is 1. The van der Waals surface area contributed by atoms with Gasteiger partial charge in [-0.05, 0) is 45.4 Å². The Bertz CT molecular complexity index is 270. The quantitative estimate of drug-likeness (QED) is 0.734. The van der Waals surface area contributed by atoms with Crippen LogP contribution in [0.4, 0.5) is 0 Å². The molecule has 3 aliphatic rings. The van der Waals surface area contributed by atoms with Crippen LogP contribution in [0.2, 0.25) is 0 Å². The van der Waals surface area contributed by atoms with Crippen molar-refractivity contribution in [3.63, 3.8) is 0 Å². The molecule has 0 aromatic rings. The van der Waals surface area contributed by atoms with Gasteiger partial charge in [0, 0.05) is 30.7 Å². The summed E-state index contributed by atoms with van der Waals surface area (Å²) in [4.78, 5) is 2.73. The van der Waals surface area contributed by atoms with E-state index in [2.05, 4.69) is 29.3 Å². The summed E-state index contributed by atoms with van der Waals surface area (Å²) in [5.74, 6) is 0. The first-order chi connectivity index (χ1) is 7.83. The summed E-state index contributed by atoms with van der Waals surface area (Å²) in [6.07, 6.45) is 13.0.